The largest absolute Gasteiger partial charge is 0.454 e. The minimum absolute atomic E-state index is 0.0615. The number of ether oxygens (including phenoxy) is 2. The molecule has 1 aliphatic heterocycles. The molecule has 0 saturated heterocycles. The Balaban J connectivity index is 1.35. The number of aromatic amines is 1. The molecule has 2 N–H and O–H groups in total. The number of nitrogens with one attached hydrogen (secondary N) is 2. The van der Waals surface area contributed by atoms with E-state index < -0.39 is 0 Å². The second-order valence-electron chi connectivity index (χ2n) is 7.65. The van der Waals surface area contributed by atoms with Crippen LogP contribution in [-0.4, -0.2) is 48.2 Å². The van der Waals surface area contributed by atoms with Crippen molar-refractivity contribution in [2.75, 3.05) is 17.9 Å². The Hall–Kier alpha value is -3.45. The number of fused-ring (bicyclic) bond motifs is 2. The molecule has 0 spiro atoms. The molecule has 11 nitrogen and oxygen atoms in total. The van der Waals surface area contributed by atoms with E-state index in [1.54, 1.807) is 12.1 Å². The fourth-order valence-corrected chi connectivity index (χ4v) is 4.89. The molecular formula is C20H19N7O4S2. The summed E-state index contributed by atoms with van der Waals surface area (Å²) in [6, 6.07) is 6.75. The number of anilines is 1. The van der Waals surface area contributed by atoms with Crippen molar-refractivity contribution in [2.24, 2.45) is 5.92 Å². The van der Waals surface area contributed by atoms with Crippen molar-refractivity contribution >= 4 is 39.8 Å². The first-order chi connectivity index (χ1) is 15.9. The zero-order chi connectivity index (χ0) is 22.9. The minimum Gasteiger partial charge on any atom is -0.454 e. The Morgan fingerprint density at radius 3 is 2.94 bits per heavy atom. The highest BCUT2D eigenvalue weighted by molar-refractivity contribution is 7.99. The van der Waals surface area contributed by atoms with Gasteiger partial charge in [0, 0.05) is 18.1 Å². The van der Waals surface area contributed by atoms with Crippen LogP contribution in [0, 0.1) is 5.92 Å². The molecule has 0 fully saturated rings. The van der Waals surface area contributed by atoms with Gasteiger partial charge < -0.3 is 9.47 Å². The van der Waals surface area contributed by atoms with Crippen LogP contribution in [-0.2, 0) is 11.2 Å². The molecule has 4 aromatic rings. The van der Waals surface area contributed by atoms with Crippen LogP contribution in [0.2, 0.25) is 0 Å². The maximum atomic E-state index is 12.5. The summed E-state index contributed by atoms with van der Waals surface area (Å²) in [5.74, 6) is 1.92. The maximum absolute atomic E-state index is 12.5. The number of nitrogens with zero attached hydrogens (tertiary/aromatic N) is 5. The van der Waals surface area contributed by atoms with Gasteiger partial charge in [-0.25, -0.2) is 14.5 Å². The monoisotopic (exact) mass is 485 g/mol. The molecule has 5 rings (SSSR count). The van der Waals surface area contributed by atoms with E-state index in [1.165, 1.54) is 33.7 Å². The number of carbonyl (C=O) groups excluding carboxylic acids is 1. The smallest absolute Gasteiger partial charge is 0.266 e. The zero-order valence-electron chi connectivity index (χ0n) is 17.7. The van der Waals surface area contributed by atoms with Gasteiger partial charge in [-0.3, -0.25) is 20.0 Å². The highest BCUT2D eigenvalue weighted by atomic mass is 32.2. The number of aromatic nitrogens is 6. The minimum atomic E-state index is -0.315. The molecule has 170 valence electrons. The Labute approximate surface area is 195 Å². The summed E-state index contributed by atoms with van der Waals surface area (Å²) in [5, 5.41) is 15.3. The third kappa shape index (κ3) is 4.68. The van der Waals surface area contributed by atoms with Crippen molar-refractivity contribution < 1.29 is 14.3 Å². The molecular weight excluding hydrogens is 466 g/mol. The number of benzene rings is 1. The van der Waals surface area contributed by atoms with Crippen LogP contribution in [0.5, 0.6) is 11.5 Å². The molecule has 13 heteroatoms. The zero-order valence-corrected chi connectivity index (χ0v) is 19.3. The van der Waals surface area contributed by atoms with Gasteiger partial charge in [0.05, 0.1) is 5.75 Å². The second kappa shape index (κ2) is 8.83. The summed E-state index contributed by atoms with van der Waals surface area (Å²) >= 11 is 2.54. The van der Waals surface area contributed by atoms with Gasteiger partial charge in [0.2, 0.25) is 17.8 Å². The molecule has 0 radical (unpaired) electrons. The van der Waals surface area contributed by atoms with Crippen LogP contribution in [0.1, 0.15) is 18.9 Å². The highest BCUT2D eigenvalue weighted by Crippen LogP contribution is 2.35. The number of rotatable bonds is 7. The summed E-state index contributed by atoms with van der Waals surface area (Å²) in [6.07, 6.45) is 0.810. The van der Waals surface area contributed by atoms with Gasteiger partial charge in [-0.2, -0.15) is 0 Å². The predicted molar refractivity (Wildman–Crippen MR) is 123 cm³/mol. The molecule has 0 unspecified atom stereocenters. The van der Waals surface area contributed by atoms with E-state index in [0.29, 0.717) is 44.7 Å². The van der Waals surface area contributed by atoms with E-state index in [4.69, 9.17) is 9.47 Å². The number of amides is 1. The summed E-state index contributed by atoms with van der Waals surface area (Å²) in [4.78, 5) is 33.4. The molecule has 33 heavy (non-hydrogen) atoms. The Morgan fingerprint density at radius 1 is 1.24 bits per heavy atom. The highest BCUT2D eigenvalue weighted by Gasteiger charge is 2.18. The van der Waals surface area contributed by atoms with Crippen LogP contribution in [0.15, 0.2) is 34.2 Å². The number of H-pyrrole nitrogens is 1. The van der Waals surface area contributed by atoms with Gasteiger partial charge in [0.25, 0.3) is 5.56 Å². The third-order valence-electron chi connectivity index (χ3n) is 4.58. The van der Waals surface area contributed by atoms with E-state index in [1.807, 2.05) is 6.07 Å². The second-order valence-corrected chi connectivity index (χ2v) is 9.65. The lowest BCUT2D eigenvalue weighted by Gasteiger charge is -2.08. The van der Waals surface area contributed by atoms with Crippen molar-refractivity contribution in [1.29, 1.82) is 0 Å². The van der Waals surface area contributed by atoms with E-state index in [9.17, 15) is 9.59 Å². The van der Waals surface area contributed by atoms with Crippen molar-refractivity contribution in [3.05, 3.63) is 39.6 Å². The van der Waals surface area contributed by atoms with E-state index in [2.05, 4.69) is 44.4 Å². The molecule has 1 amide bonds. The Kier molecular flexibility index (Phi) is 5.72. The summed E-state index contributed by atoms with van der Waals surface area (Å²) in [5.41, 5.74) is 0.784. The average Bonchev–Trinajstić information content (AvgIpc) is 3.50. The van der Waals surface area contributed by atoms with Crippen LogP contribution in [0.3, 0.4) is 0 Å². The standard InChI is InChI=1S/C20H19N7O4S2/c1-10(2)5-17-24-25-19(33-17)22-16(29)8-32-20-23-18(21-14-7-15(28)26-27(14)20)11-3-4-12-13(6-11)31-9-30-12/h3-4,6-7,10H,5,8-9H2,1-2H3,(H,26,28)(H,22,25,29). The SMILES string of the molecule is CC(C)Cc1nnc(NC(=O)CSc2nc(-c3ccc4c(c3)OCO4)nc3cc(=O)[nH]n23)s1. The molecule has 0 bridgehead atoms. The predicted octanol–water partition coefficient (Wildman–Crippen LogP) is 2.59. The van der Waals surface area contributed by atoms with E-state index in [-0.39, 0.29) is 24.0 Å². The van der Waals surface area contributed by atoms with Crippen molar-refractivity contribution in [1.82, 2.24) is 29.8 Å². The summed E-state index contributed by atoms with van der Waals surface area (Å²) in [7, 11) is 0. The van der Waals surface area contributed by atoms with Crippen LogP contribution >= 0.6 is 23.1 Å². The summed E-state index contributed by atoms with van der Waals surface area (Å²) < 4.78 is 12.2. The molecule has 0 atom stereocenters. The lowest BCUT2D eigenvalue weighted by atomic mass is 10.1. The quantitative estimate of drug-likeness (QED) is 0.378. The van der Waals surface area contributed by atoms with Gasteiger partial charge in [-0.05, 0) is 24.1 Å². The lowest BCUT2D eigenvalue weighted by Crippen LogP contribution is -2.15. The normalized spacial score (nSPS) is 12.6. The van der Waals surface area contributed by atoms with Crippen LogP contribution in [0.25, 0.3) is 17.0 Å². The van der Waals surface area contributed by atoms with Crippen molar-refractivity contribution in [3.8, 4) is 22.9 Å². The van der Waals surface area contributed by atoms with Crippen LogP contribution < -0.4 is 20.3 Å². The number of carbonyl (C=O) groups is 1. The number of thioether (sulfide) groups is 1. The lowest BCUT2D eigenvalue weighted by molar-refractivity contribution is -0.113. The molecule has 0 saturated carbocycles. The first kappa shape index (κ1) is 21.4. The van der Waals surface area contributed by atoms with Gasteiger partial charge in [-0.15, -0.1) is 10.2 Å². The fourth-order valence-electron chi connectivity index (χ4n) is 3.17. The number of hydrogen-bond donors (Lipinski definition) is 2. The van der Waals surface area contributed by atoms with Gasteiger partial charge >= 0.3 is 0 Å². The van der Waals surface area contributed by atoms with Crippen LogP contribution in [0.4, 0.5) is 5.13 Å². The third-order valence-corrected chi connectivity index (χ3v) is 6.38. The van der Waals surface area contributed by atoms with Gasteiger partial charge in [0.15, 0.2) is 28.1 Å². The first-order valence-corrected chi connectivity index (χ1v) is 11.9. The van der Waals surface area contributed by atoms with E-state index in [0.717, 1.165) is 11.4 Å². The first-order valence-electron chi connectivity index (χ1n) is 10.1. The van der Waals surface area contributed by atoms with Gasteiger partial charge in [-0.1, -0.05) is 36.9 Å². The average molecular weight is 486 g/mol. The number of hydrogen-bond acceptors (Lipinski definition) is 10. The van der Waals surface area contributed by atoms with Crippen molar-refractivity contribution in [2.45, 2.75) is 25.4 Å². The molecule has 1 aromatic carbocycles. The van der Waals surface area contributed by atoms with Crippen molar-refractivity contribution in [3.63, 3.8) is 0 Å². The fraction of sp³-hybridized carbons (Fsp3) is 0.300. The topological polar surface area (TPSA) is 136 Å². The Bertz CT molecular complexity index is 1390. The molecule has 4 heterocycles. The Morgan fingerprint density at radius 2 is 2.09 bits per heavy atom. The molecule has 3 aromatic heterocycles. The molecule has 0 aliphatic carbocycles. The molecule has 1 aliphatic rings. The van der Waals surface area contributed by atoms with E-state index >= 15 is 0 Å². The summed E-state index contributed by atoms with van der Waals surface area (Å²) in [6.45, 7) is 4.36. The van der Waals surface area contributed by atoms with Gasteiger partial charge in [0.1, 0.15) is 5.01 Å². The maximum Gasteiger partial charge on any atom is 0.266 e.